The highest BCUT2D eigenvalue weighted by atomic mass is 32.2. The Morgan fingerprint density at radius 2 is 1.86 bits per heavy atom. The summed E-state index contributed by atoms with van der Waals surface area (Å²) in [5, 5.41) is 15.6. The van der Waals surface area contributed by atoms with E-state index in [1.165, 1.54) is 23.1 Å². The third-order valence-corrected chi connectivity index (χ3v) is 7.92. The number of ketones is 1. The van der Waals surface area contributed by atoms with Gasteiger partial charge in [0.1, 0.15) is 10.8 Å². The summed E-state index contributed by atoms with van der Waals surface area (Å²) in [6.07, 6.45) is 0. The highest BCUT2D eigenvalue weighted by molar-refractivity contribution is 8.03. The molecule has 0 saturated heterocycles. The van der Waals surface area contributed by atoms with Gasteiger partial charge in [-0.2, -0.15) is 5.26 Å². The van der Waals surface area contributed by atoms with E-state index in [1.54, 1.807) is 20.1 Å². The van der Waals surface area contributed by atoms with Gasteiger partial charge in [-0.15, -0.1) is 11.3 Å². The van der Waals surface area contributed by atoms with E-state index < -0.39 is 11.8 Å². The van der Waals surface area contributed by atoms with Crippen molar-refractivity contribution in [1.82, 2.24) is 0 Å². The fourth-order valence-electron chi connectivity index (χ4n) is 4.14. The lowest BCUT2D eigenvalue weighted by molar-refractivity contribution is -0.118. The van der Waals surface area contributed by atoms with Crippen molar-refractivity contribution in [3.8, 4) is 11.8 Å². The van der Waals surface area contributed by atoms with E-state index in [9.17, 15) is 14.9 Å². The molecular weight excluding hydrogens is 490 g/mol. The second kappa shape index (κ2) is 11.4. The molecule has 1 aromatic heterocycles. The number of thioether (sulfide) groups is 1. The predicted molar refractivity (Wildman–Crippen MR) is 146 cm³/mol. The number of nitriles is 1. The van der Waals surface area contributed by atoms with Crippen molar-refractivity contribution in [1.29, 1.82) is 5.26 Å². The molecule has 2 heterocycles. The Kier molecular flexibility index (Phi) is 8.04. The SMILES string of the molecule is COc1ccc([C@H]2C(C#N)=C(SCC(=O)c3cccs3)N=C(C)C2C(=O)Nc2ccccc2C)cc1. The third kappa shape index (κ3) is 5.43. The molecule has 1 aliphatic heterocycles. The van der Waals surface area contributed by atoms with E-state index >= 15 is 0 Å². The number of aliphatic imine (C=N–C) groups is 1. The van der Waals surface area contributed by atoms with Gasteiger partial charge in [0.25, 0.3) is 0 Å². The molecule has 6 nitrogen and oxygen atoms in total. The number of hydrogen-bond donors (Lipinski definition) is 1. The molecule has 0 spiro atoms. The highest BCUT2D eigenvalue weighted by Gasteiger charge is 2.39. The lowest BCUT2D eigenvalue weighted by Gasteiger charge is -2.31. The molecule has 182 valence electrons. The van der Waals surface area contributed by atoms with Crippen molar-refractivity contribution < 1.29 is 14.3 Å². The fraction of sp³-hybridized carbons (Fsp3) is 0.214. The molecule has 0 saturated carbocycles. The van der Waals surface area contributed by atoms with Gasteiger partial charge in [0, 0.05) is 17.3 Å². The van der Waals surface area contributed by atoms with E-state index in [4.69, 9.17) is 4.74 Å². The Labute approximate surface area is 218 Å². The molecule has 1 aliphatic rings. The first-order valence-corrected chi connectivity index (χ1v) is 13.2. The smallest absolute Gasteiger partial charge is 0.234 e. The Balaban J connectivity index is 1.71. The number of amides is 1. The van der Waals surface area contributed by atoms with Crippen molar-refractivity contribution >= 4 is 46.2 Å². The number of nitrogens with one attached hydrogen (secondary N) is 1. The number of thiophene rings is 1. The van der Waals surface area contributed by atoms with Crippen LogP contribution in [0.3, 0.4) is 0 Å². The van der Waals surface area contributed by atoms with Crippen LogP contribution in [0.5, 0.6) is 5.75 Å². The van der Waals surface area contributed by atoms with Crippen molar-refractivity contribution in [3.63, 3.8) is 0 Å². The minimum Gasteiger partial charge on any atom is -0.497 e. The number of ether oxygens (including phenoxy) is 1. The first kappa shape index (κ1) is 25.4. The summed E-state index contributed by atoms with van der Waals surface area (Å²) in [6.45, 7) is 3.73. The van der Waals surface area contributed by atoms with E-state index in [-0.39, 0.29) is 17.4 Å². The Morgan fingerprint density at radius 1 is 1.11 bits per heavy atom. The van der Waals surface area contributed by atoms with Crippen molar-refractivity contribution in [3.05, 3.63) is 92.6 Å². The van der Waals surface area contributed by atoms with Crippen LogP contribution in [-0.4, -0.2) is 30.3 Å². The number of anilines is 1. The summed E-state index contributed by atoms with van der Waals surface area (Å²) < 4.78 is 5.30. The Morgan fingerprint density at radius 3 is 2.50 bits per heavy atom. The Bertz CT molecular complexity index is 1370. The lowest BCUT2D eigenvalue weighted by Crippen LogP contribution is -2.36. The number of allylic oxidation sites excluding steroid dienone is 1. The zero-order valence-electron chi connectivity index (χ0n) is 20.1. The van der Waals surface area contributed by atoms with Gasteiger partial charge in [-0.25, -0.2) is 4.99 Å². The van der Waals surface area contributed by atoms with Crippen molar-refractivity contribution in [2.24, 2.45) is 10.9 Å². The predicted octanol–water partition coefficient (Wildman–Crippen LogP) is 6.23. The molecule has 1 N–H and O–H groups in total. The van der Waals surface area contributed by atoms with E-state index in [0.717, 1.165) is 11.1 Å². The minimum absolute atomic E-state index is 0.0203. The highest BCUT2D eigenvalue weighted by Crippen LogP contribution is 2.43. The lowest BCUT2D eigenvalue weighted by atomic mass is 9.76. The van der Waals surface area contributed by atoms with Gasteiger partial charge in [0.05, 0.1) is 35.3 Å². The quantitative estimate of drug-likeness (QED) is 0.359. The molecule has 36 heavy (non-hydrogen) atoms. The number of methoxy groups -OCH3 is 1. The monoisotopic (exact) mass is 515 g/mol. The summed E-state index contributed by atoms with van der Waals surface area (Å²) in [5.74, 6) is -0.662. The summed E-state index contributed by atoms with van der Waals surface area (Å²) in [5.41, 5.74) is 3.42. The first-order chi connectivity index (χ1) is 17.4. The second-order valence-corrected chi connectivity index (χ2v) is 10.2. The number of nitrogens with zero attached hydrogens (tertiary/aromatic N) is 2. The van der Waals surface area contributed by atoms with Gasteiger partial charge in [-0.3, -0.25) is 9.59 Å². The molecule has 0 bridgehead atoms. The standard InChI is InChI=1S/C28H25N3O3S2/c1-17-7-4-5-8-22(17)31-27(33)25-18(2)30-28(36-16-23(32)24-9-6-14-35-24)21(15-29)26(25)19-10-12-20(34-3)13-11-19/h4-14,25-26H,16H2,1-3H3,(H,31,33)/t25?,26-/m0/s1. The van der Waals surface area contributed by atoms with Crippen LogP contribution in [0.15, 0.2) is 81.6 Å². The maximum atomic E-state index is 13.6. The number of carbonyl (C=O) groups is 2. The van der Waals surface area contributed by atoms with E-state index in [0.29, 0.717) is 32.6 Å². The molecule has 3 aromatic rings. The zero-order valence-corrected chi connectivity index (χ0v) is 21.8. The van der Waals surface area contributed by atoms with Crippen LogP contribution in [-0.2, 0) is 4.79 Å². The van der Waals surface area contributed by atoms with Gasteiger partial charge >= 0.3 is 0 Å². The average Bonchev–Trinajstić information content (AvgIpc) is 3.43. The summed E-state index contributed by atoms with van der Waals surface area (Å²) in [4.78, 5) is 31.6. The molecular formula is C28H25N3O3S2. The second-order valence-electron chi connectivity index (χ2n) is 8.31. The molecule has 8 heteroatoms. The van der Waals surface area contributed by atoms with E-state index in [1.807, 2.05) is 66.9 Å². The van der Waals surface area contributed by atoms with Crippen LogP contribution in [0, 0.1) is 24.2 Å². The number of para-hydroxylation sites is 1. The number of benzene rings is 2. The summed E-state index contributed by atoms with van der Waals surface area (Å²) >= 11 is 2.62. The van der Waals surface area contributed by atoms with Crippen LogP contribution in [0.25, 0.3) is 0 Å². The molecule has 4 rings (SSSR count). The normalized spacial score (nSPS) is 17.2. The van der Waals surface area contributed by atoms with Gasteiger partial charge in [0.2, 0.25) is 5.91 Å². The van der Waals surface area contributed by atoms with Gasteiger partial charge in [0.15, 0.2) is 5.78 Å². The molecule has 2 aromatic carbocycles. The third-order valence-electron chi connectivity index (χ3n) is 6.02. The number of hydrogen-bond acceptors (Lipinski definition) is 7. The van der Waals surface area contributed by atoms with Crippen LogP contribution < -0.4 is 10.1 Å². The fourth-order valence-corrected chi connectivity index (χ4v) is 5.85. The van der Waals surface area contributed by atoms with Crippen molar-refractivity contribution in [2.75, 3.05) is 18.2 Å². The average molecular weight is 516 g/mol. The number of aryl methyl sites for hydroxylation is 1. The zero-order chi connectivity index (χ0) is 25.7. The largest absolute Gasteiger partial charge is 0.497 e. The molecule has 0 fully saturated rings. The van der Waals surface area contributed by atoms with Crippen LogP contribution in [0.2, 0.25) is 0 Å². The van der Waals surface area contributed by atoms with Crippen LogP contribution in [0.1, 0.15) is 33.6 Å². The number of carbonyl (C=O) groups excluding carboxylic acids is 2. The van der Waals surface area contributed by atoms with Gasteiger partial charge in [-0.05, 0) is 54.6 Å². The van der Waals surface area contributed by atoms with Crippen LogP contribution >= 0.6 is 23.1 Å². The summed E-state index contributed by atoms with van der Waals surface area (Å²) in [7, 11) is 1.59. The Hall–Kier alpha value is -3.67. The topological polar surface area (TPSA) is 91.5 Å². The molecule has 0 aliphatic carbocycles. The van der Waals surface area contributed by atoms with Crippen molar-refractivity contribution in [2.45, 2.75) is 19.8 Å². The molecule has 1 unspecified atom stereocenters. The molecule has 1 amide bonds. The summed E-state index contributed by atoms with van der Waals surface area (Å²) in [6, 6.07) is 20.8. The number of rotatable bonds is 8. The number of Topliss-reactive ketones (excluding diaryl/α,β-unsaturated/α-hetero) is 1. The maximum Gasteiger partial charge on any atom is 0.234 e. The first-order valence-electron chi connectivity index (χ1n) is 11.3. The van der Waals surface area contributed by atoms with Crippen LogP contribution in [0.4, 0.5) is 5.69 Å². The van der Waals surface area contributed by atoms with Gasteiger partial charge in [-0.1, -0.05) is 48.2 Å². The minimum atomic E-state index is -0.690. The molecule has 2 atom stereocenters. The van der Waals surface area contributed by atoms with E-state index in [2.05, 4.69) is 16.4 Å². The molecule has 0 radical (unpaired) electrons. The van der Waals surface area contributed by atoms with Gasteiger partial charge < -0.3 is 10.1 Å². The maximum absolute atomic E-state index is 13.6.